The lowest BCUT2D eigenvalue weighted by atomic mass is 9.95. The molecule has 0 N–H and O–H groups in total. The monoisotopic (exact) mass is 361 g/mol. The molecule has 3 aromatic rings. The highest BCUT2D eigenvalue weighted by atomic mass is 16.2. The molecule has 1 amide bonds. The SMILES string of the molecule is CN1C(=O)[C@H]2CC[C@@H]1CN(Cc1c(-c3ccccc3)nc3ncccn13)C2. The summed E-state index contributed by atoms with van der Waals surface area (Å²) in [4.78, 5) is 26.2. The first-order valence-electron chi connectivity index (χ1n) is 9.57. The van der Waals surface area contributed by atoms with E-state index in [1.165, 1.54) is 0 Å². The van der Waals surface area contributed by atoms with Gasteiger partial charge in [0.1, 0.15) is 0 Å². The molecule has 2 bridgehead atoms. The number of fused-ring (bicyclic) bond motifs is 5. The van der Waals surface area contributed by atoms with E-state index in [9.17, 15) is 4.79 Å². The molecule has 138 valence electrons. The molecule has 2 atom stereocenters. The first-order chi connectivity index (χ1) is 13.2. The maximum atomic E-state index is 12.5. The van der Waals surface area contributed by atoms with Gasteiger partial charge in [0.2, 0.25) is 11.7 Å². The van der Waals surface area contributed by atoms with Gasteiger partial charge in [0.05, 0.1) is 17.3 Å². The molecule has 5 heterocycles. The van der Waals surface area contributed by atoms with Gasteiger partial charge in [-0.25, -0.2) is 9.97 Å². The average Bonchev–Trinajstić information content (AvgIpc) is 2.86. The predicted octanol–water partition coefficient (Wildman–Crippen LogP) is 2.45. The molecule has 0 radical (unpaired) electrons. The zero-order valence-corrected chi connectivity index (χ0v) is 15.5. The Morgan fingerprint density at radius 2 is 1.96 bits per heavy atom. The van der Waals surface area contributed by atoms with E-state index in [1.807, 2.05) is 42.4 Å². The Hall–Kier alpha value is -2.73. The van der Waals surface area contributed by atoms with Gasteiger partial charge in [-0.15, -0.1) is 0 Å². The lowest BCUT2D eigenvalue weighted by molar-refractivity contribution is -0.138. The maximum Gasteiger partial charge on any atom is 0.234 e. The molecule has 3 aliphatic heterocycles. The second kappa shape index (κ2) is 6.46. The van der Waals surface area contributed by atoms with Crippen molar-refractivity contribution in [1.82, 2.24) is 24.2 Å². The van der Waals surface area contributed by atoms with E-state index in [2.05, 4.69) is 26.4 Å². The van der Waals surface area contributed by atoms with Crippen molar-refractivity contribution in [2.75, 3.05) is 20.1 Å². The van der Waals surface area contributed by atoms with E-state index < -0.39 is 0 Å². The summed E-state index contributed by atoms with van der Waals surface area (Å²) in [5.74, 6) is 1.14. The van der Waals surface area contributed by atoms with Crippen LogP contribution in [0, 0.1) is 5.92 Å². The van der Waals surface area contributed by atoms with Gasteiger partial charge in [0.15, 0.2) is 0 Å². The van der Waals surface area contributed by atoms with Crippen LogP contribution in [0.1, 0.15) is 18.5 Å². The molecule has 0 spiro atoms. The van der Waals surface area contributed by atoms with Crippen LogP contribution >= 0.6 is 0 Å². The molecule has 6 heteroatoms. The smallest absolute Gasteiger partial charge is 0.234 e. The van der Waals surface area contributed by atoms with Gasteiger partial charge >= 0.3 is 0 Å². The number of hydrogen-bond donors (Lipinski definition) is 0. The Morgan fingerprint density at radius 3 is 2.81 bits per heavy atom. The molecule has 0 unspecified atom stereocenters. The summed E-state index contributed by atoms with van der Waals surface area (Å²) in [5.41, 5.74) is 3.22. The molecule has 0 aliphatic carbocycles. The first kappa shape index (κ1) is 16.4. The second-order valence-corrected chi connectivity index (χ2v) is 7.63. The first-order valence-corrected chi connectivity index (χ1v) is 9.57. The number of piperidine rings is 1. The Kier molecular flexibility index (Phi) is 3.93. The number of carbonyl (C=O) groups excluding carboxylic acids is 1. The Bertz CT molecular complexity index is 983. The number of carbonyl (C=O) groups is 1. The van der Waals surface area contributed by atoms with Crippen LogP contribution in [-0.2, 0) is 11.3 Å². The van der Waals surface area contributed by atoms with E-state index in [4.69, 9.17) is 4.98 Å². The van der Waals surface area contributed by atoms with E-state index in [-0.39, 0.29) is 5.92 Å². The van der Waals surface area contributed by atoms with E-state index >= 15 is 0 Å². The zero-order chi connectivity index (χ0) is 18.4. The molecule has 3 aliphatic rings. The molecule has 1 aromatic carbocycles. The number of nitrogens with zero attached hydrogens (tertiary/aromatic N) is 5. The van der Waals surface area contributed by atoms with Crippen LogP contribution in [0.4, 0.5) is 0 Å². The summed E-state index contributed by atoms with van der Waals surface area (Å²) in [6.45, 7) is 2.51. The number of rotatable bonds is 3. The average molecular weight is 361 g/mol. The summed E-state index contributed by atoms with van der Waals surface area (Å²) in [6, 6.07) is 12.5. The molecule has 0 saturated carbocycles. The quantitative estimate of drug-likeness (QED) is 0.719. The Balaban J connectivity index is 1.54. The van der Waals surface area contributed by atoms with Crippen molar-refractivity contribution in [3.63, 3.8) is 0 Å². The van der Waals surface area contributed by atoms with Gasteiger partial charge in [-0.3, -0.25) is 14.1 Å². The predicted molar refractivity (Wildman–Crippen MR) is 103 cm³/mol. The van der Waals surface area contributed by atoms with Crippen LogP contribution in [0.2, 0.25) is 0 Å². The van der Waals surface area contributed by atoms with Crippen molar-refractivity contribution in [1.29, 1.82) is 0 Å². The summed E-state index contributed by atoms with van der Waals surface area (Å²) in [5, 5.41) is 0. The third kappa shape index (κ3) is 2.80. The number of likely N-dealkylation sites (N-methyl/N-ethyl adjacent to an activating group) is 1. The minimum Gasteiger partial charge on any atom is -0.341 e. The summed E-state index contributed by atoms with van der Waals surface area (Å²) >= 11 is 0. The topological polar surface area (TPSA) is 53.7 Å². The van der Waals surface area contributed by atoms with Gasteiger partial charge in [-0.1, -0.05) is 30.3 Å². The number of hydrogen-bond acceptors (Lipinski definition) is 4. The maximum absolute atomic E-state index is 12.5. The number of amides is 1. The van der Waals surface area contributed by atoms with Gasteiger partial charge in [0.25, 0.3) is 0 Å². The standard InChI is InChI=1S/C21H23N5O/c1-24-17-9-8-16(20(24)27)12-25(13-17)14-18-19(15-6-3-2-4-7-15)23-21-22-10-5-11-26(18)21/h2-7,10-11,16-17H,8-9,12-14H2,1H3/t16-,17+/m0/s1. The van der Waals surface area contributed by atoms with Crippen LogP contribution in [0.25, 0.3) is 17.0 Å². The zero-order valence-electron chi connectivity index (χ0n) is 15.5. The van der Waals surface area contributed by atoms with Crippen molar-refractivity contribution < 1.29 is 4.79 Å². The van der Waals surface area contributed by atoms with Gasteiger partial charge in [-0.05, 0) is 18.9 Å². The largest absolute Gasteiger partial charge is 0.341 e. The molecular formula is C21H23N5O. The van der Waals surface area contributed by atoms with Crippen LogP contribution in [0.3, 0.4) is 0 Å². The molecule has 3 fully saturated rings. The summed E-state index contributed by atoms with van der Waals surface area (Å²) < 4.78 is 2.08. The second-order valence-electron chi connectivity index (χ2n) is 7.63. The summed E-state index contributed by atoms with van der Waals surface area (Å²) in [7, 11) is 1.95. The Labute approximate surface area is 158 Å². The van der Waals surface area contributed by atoms with Crippen LogP contribution in [0.15, 0.2) is 48.8 Å². The number of benzene rings is 1. The highest BCUT2D eigenvalue weighted by molar-refractivity contribution is 5.80. The molecule has 3 saturated heterocycles. The highest BCUT2D eigenvalue weighted by Crippen LogP contribution is 2.31. The van der Waals surface area contributed by atoms with Gasteiger partial charge in [0, 0.05) is 50.7 Å². The Morgan fingerprint density at radius 1 is 1.11 bits per heavy atom. The molecule has 2 aromatic heterocycles. The van der Waals surface area contributed by atoms with E-state index in [1.54, 1.807) is 6.20 Å². The number of imidazole rings is 1. The fourth-order valence-electron chi connectivity index (χ4n) is 4.50. The molecular weight excluding hydrogens is 338 g/mol. The lowest BCUT2D eigenvalue weighted by Crippen LogP contribution is -2.45. The lowest BCUT2D eigenvalue weighted by Gasteiger charge is -2.32. The third-order valence-electron chi connectivity index (χ3n) is 5.96. The normalized spacial score (nSPS) is 23.1. The summed E-state index contributed by atoms with van der Waals surface area (Å²) in [6.07, 6.45) is 5.91. The van der Waals surface area contributed by atoms with Crippen LogP contribution < -0.4 is 0 Å². The van der Waals surface area contributed by atoms with E-state index in [0.717, 1.165) is 55.2 Å². The molecule has 27 heavy (non-hydrogen) atoms. The fraction of sp³-hybridized carbons (Fsp3) is 0.381. The van der Waals surface area contributed by atoms with Crippen molar-refractivity contribution in [2.45, 2.75) is 25.4 Å². The highest BCUT2D eigenvalue weighted by Gasteiger charge is 2.39. The van der Waals surface area contributed by atoms with Crippen LogP contribution in [-0.4, -0.2) is 56.3 Å². The fourth-order valence-corrected chi connectivity index (χ4v) is 4.50. The van der Waals surface area contributed by atoms with Gasteiger partial charge in [-0.2, -0.15) is 0 Å². The van der Waals surface area contributed by atoms with E-state index in [0.29, 0.717) is 11.9 Å². The van der Waals surface area contributed by atoms with Crippen LogP contribution in [0.5, 0.6) is 0 Å². The molecule has 6 nitrogen and oxygen atoms in total. The number of aromatic nitrogens is 3. The van der Waals surface area contributed by atoms with Crippen molar-refractivity contribution in [3.8, 4) is 11.3 Å². The minimum absolute atomic E-state index is 0.117. The van der Waals surface area contributed by atoms with Gasteiger partial charge < -0.3 is 4.90 Å². The molecule has 6 rings (SSSR count). The third-order valence-corrected chi connectivity index (χ3v) is 5.96. The van der Waals surface area contributed by atoms with Crippen molar-refractivity contribution in [2.24, 2.45) is 5.92 Å². The minimum atomic E-state index is 0.117. The van der Waals surface area contributed by atoms with Crippen molar-refractivity contribution in [3.05, 3.63) is 54.5 Å². The van der Waals surface area contributed by atoms with Crippen molar-refractivity contribution >= 4 is 11.7 Å².